The van der Waals surface area contributed by atoms with E-state index in [-0.39, 0.29) is 19.0 Å². The summed E-state index contributed by atoms with van der Waals surface area (Å²) in [6.45, 7) is -0.0756. The number of nitrogens with one attached hydrogen (secondary N) is 1. The summed E-state index contributed by atoms with van der Waals surface area (Å²) in [5.74, 6) is 1.25. The van der Waals surface area contributed by atoms with Crippen LogP contribution in [0.1, 0.15) is 17.7 Å². The van der Waals surface area contributed by atoms with Crippen molar-refractivity contribution in [2.75, 3.05) is 11.9 Å². The number of carboxylic acid groups (broad SMARTS) is 1. The van der Waals surface area contributed by atoms with Gasteiger partial charge in [0.05, 0.1) is 0 Å². The maximum Gasteiger partial charge on any atom is 0.290 e. The van der Waals surface area contributed by atoms with Crippen molar-refractivity contribution in [3.05, 3.63) is 41.7 Å². The molecule has 0 bridgehead atoms. The molecule has 8 nitrogen and oxygen atoms in total. The number of aryl methyl sites for hydroxylation is 2. The molecule has 8 heteroatoms. The van der Waals surface area contributed by atoms with Gasteiger partial charge in [0.1, 0.15) is 6.61 Å². The maximum atomic E-state index is 12.3. The normalized spacial score (nSPS) is 16.9. The van der Waals surface area contributed by atoms with E-state index >= 15 is 0 Å². The Hall–Kier alpha value is -3.16. The minimum Gasteiger partial charge on any atom is -0.485 e. The van der Waals surface area contributed by atoms with Gasteiger partial charge in [0.2, 0.25) is 12.1 Å². The van der Waals surface area contributed by atoms with Crippen LogP contribution in [0.2, 0.25) is 0 Å². The molecule has 1 aromatic heterocycles. The van der Waals surface area contributed by atoms with Crippen LogP contribution in [-0.4, -0.2) is 40.2 Å². The Labute approximate surface area is 143 Å². The average molecular weight is 343 g/mol. The van der Waals surface area contributed by atoms with Gasteiger partial charge in [-0.05, 0) is 37.0 Å². The van der Waals surface area contributed by atoms with E-state index in [4.69, 9.17) is 19.4 Å². The van der Waals surface area contributed by atoms with Crippen molar-refractivity contribution >= 4 is 18.3 Å². The summed E-state index contributed by atoms with van der Waals surface area (Å²) in [7, 11) is 0. The topological polar surface area (TPSA) is 111 Å². The highest BCUT2D eigenvalue weighted by molar-refractivity contribution is 5.93. The molecule has 1 amide bonds. The first-order valence-corrected chi connectivity index (χ1v) is 7.83. The fourth-order valence-corrected chi connectivity index (χ4v) is 2.71. The van der Waals surface area contributed by atoms with Crippen LogP contribution >= 0.6 is 0 Å². The van der Waals surface area contributed by atoms with Crippen LogP contribution in [0.25, 0.3) is 0 Å². The predicted molar refractivity (Wildman–Crippen MR) is 87.7 cm³/mol. The number of aromatic nitrogens is 2. The lowest BCUT2D eigenvalue weighted by atomic mass is 10.2. The van der Waals surface area contributed by atoms with E-state index in [2.05, 4.69) is 15.3 Å². The monoisotopic (exact) mass is 343 g/mol. The zero-order valence-corrected chi connectivity index (χ0v) is 13.3. The Morgan fingerprint density at radius 2 is 2.04 bits per heavy atom. The van der Waals surface area contributed by atoms with Crippen LogP contribution in [0.3, 0.4) is 0 Å². The molecule has 1 unspecified atom stereocenters. The molecule has 4 rings (SSSR count). The number of fused-ring (bicyclic) bond motifs is 2. The minimum atomic E-state index is -0.702. The number of hydrogen-bond acceptors (Lipinski definition) is 6. The molecule has 1 aromatic carbocycles. The van der Waals surface area contributed by atoms with Gasteiger partial charge in [-0.3, -0.25) is 14.9 Å². The fourth-order valence-electron chi connectivity index (χ4n) is 2.71. The standard InChI is InChI=1S/C16H15N3O3.CH2O2/c20-15(14-9-21-12-6-1-2-7-13(12)22-14)19-16-17-8-10-4-3-5-11(10)18-16;2-1-3/h1-2,6-8,14H,3-5,9H2,(H,17,18,19,20);1H,(H,2,3). The first-order chi connectivity index (χ1) is 12.2. The van der Waals surface area contributed by atoms with Gasteiger partial charge >= 0.3 is 0 Å². The molecular weight excluding hydrogens is 326 g/mol. The summed E-state index contributed by atoms with van der Waals surface area (Å²) in [6.07, 6.45) is 4.14. The fraction of sp³-hybridized carbons (Fsp3) is 0.294. The van der Waals surface area contributed by atoms with E-state index in [0.29, 0.717) is 17.4 Å². The first-order valence-electron chi connectivity index (χ1n) is 7.83. The Balaban J connectivity index is 0.000000569. The number of carbonyl (C=O) groups is 2. The molecule has 0 saturated heterocycles. The lowest BCUT2D eigenvalue weighted by molar-refractivity contribution is -0.125. The van der Waals surface area contributed by atoms with Crippen molar-refractivity contribution in [3.8, 4) is 11.5 Å². The SMILES string of the molecule is O=C(Nc1ncc2c(n1)CCC2)C1COc2ccccc2O1.O=CO. The minimum absolute atomic E-state index is 0.174. The Morgan fingerprint density at radius 3 is 2.84 bits per heavy atom. The lowest BCUT2D eigenvalue weighted by Crippen LogP contribution is -2.40. The third kappa shape index (κ3) is 3.85. The van der Waals surface area contributed by atoms with Crippen molar-refractivity contribution < 1.29 is 24.2 Å². The summed E-state index contributed by atoms with van der Waals surface area (Å²) >= 11 is 0. The number of para-hydroxylation sites is 2. The largest absolute Gasteiger partial charge is 0.485 e. The number of nitrogens with zero attached hydrogens (tertiary/aromatic N) is 2. The highest BCUT2D eigenvalue weighted by Gasteiger charge is 2.28. The number of amides is 1. The smallest absolute Gasteiger partial charge is 0.290 e. The van der Waals surface area contributed by atoms with E-state index in [0.717, 1.165) is 25.0 Å². The molecule has 0 saturated carbocycles. The summed E-state index contributed by atoms with van der Waals surface area (Å²) in [5.41, 5.74) is 2.20. The van der Waals surface area contributed by atoms with Gasteiger partial charge in [-0.2, -0.15) is 0 Å². The quantitative estimate of drug-likeness (QED) is 0.794. The predicted octanol–water partition coefficient (Wildman–Crippen LogP) is 1.44. The molecule has 2 aliphatic rings. The number of ether oxygens (including phenoxy) is 2. The van der Waals surface area contributed by atoms with Crippen molar-refractivity contribution in [3.63, 3.8) is 0 Å². The van der Waals surface area contributed by atoms with Gasteiger partial charge in [-0.15, -0.1) is 0 Å². The van der Waals surface area contributed by atoms with E-state index in [9.17, 15) is 4.79 Å². The van der Waals surface area contributed by atoms with Crippen LogP contribution in [0.4, 0.5) is 5.95 Å². The second kappa shape index (κ2) is 7.61. The number of hydrogen-bond donors (Lipinski definition) is 2. The maximum absolute atomic E-state index is 12.3. The van der Waals surface area contributed by atoms with Gasteiger partial charge in [-0.25, -0.2) is 9.97 Å². The van der Waals surface area contributed by atoms with Crippen molar-refractivity contribution in [2.45, 2.75) is 25.4 Å². The Kier molecular flexibility index (Phi) is 5.08. The van der Waals surface area contributed by atoms with Crippen LogP contribution in [0.5, 0.6) is 11.5 Å². The number of anilines is 1. The molecule has 25 heavy (non-hydrogen) atoms. The molecule has 1 aliphatic heterocycles. The molecule has 2 aromatic rings. The van der Waals surface area contributed by atoms with Crippen LogP contribution < -0.4 is 14.8 Å². The summed E-state index contributed by atoms with van der Waals surface area (Å²) < 4.78 is 11.2. The Bertz CT molecular complexity index is 781. The highest BCUT2D eigenvalue weighted by Crippen LogP contribution is 2.31. The van der Waals surface area contributed by atoms with Gasteiger partial charge in [0, 0.05) is 11.9 Å². The van der Waals surface area contributed by atoms with E-state index in [1.54, 1.807) is 12.3 Å². The average Bonchev–Trinajstić information content (AvgIpc) is 3.10. The Morgan fingerprint density at radius 1 is 1.28 bits per heavy atom. The molecule has 130 valence electrons. The van der Waals surface area contributed by atoms with Crippen LogP contribution in [-0.2, 0) is 22.4 Å². The summed E-state index contributed by atoms with van der Waals surface area (Å²) in [5, 5.41) is 9.59. The van der Waals surface area contributed by atoms with Gasteiger partial charge < -0.3 is 14.6 Å². The lowest BCUT2D eigenvalue weighted by Gasteiger charge is -2.25. The van der Waals surface area contributed by atoms with Crippen LogP contribution in [0, 0.1) is 0 Å². The molecule has 2 heterocycles. The molecule has 0 spiro atoms. The molecule has 0 radical (unpaired) electrons. The van der Waals surface area contributed by atoms with Gasteiger partial charge in [0.25, 0.3) is 12.4 Å². The highest BCUT2D eigenvalue weighted by atomic mass is 16.6. The van der Waals surface area contributed by atoms with Crippen molar-refractivity contribution in [1.82, 2.24) is 9.97 Å². The van der Waals surface area contributed by atoms with Crippen molar-refractivity contribution in [1.29, 1.82) is 0 Å². The van der Waals surface area contributed by atoms with Gasteiger partial charge in [-0.1, -0.05) is 12.1 Å². The second-order valence-electron chi connectivity index (χ2n) is 5.48. The number of carbonyl (C=O) groups excluding carboxylic acids is 1. The molecule has 0 fully saturated rings. The van der Waals surface area contributed by atoms with E-state index in [1.807, 2.05) is 18.2 Å². The third-order valence-electron chi connectivity index (χ3n) is 3.85. The van der Waals surface area contributed by atoms with E-state index < -0.39 is 6.10 Å². The molecule has 2 N–H and O–H groups in total. The number of rotatable bonds is 2. The molecular formula is C17H17N3O5. The third-order valence-corrected chi connectivity index (χ3v) is 3.85. The van der Waals surface area contributed by atoms with E-state index in [1.165, 1.54) is 5.56 Å². The van der Waals surface area contributed by atoms with Crippen LogP contribution in [0.15, 0.2) is 30.5 Å². The zero-order chi connectivity index (χ0) is 17.6. The first kappa shape index (κ1) is 16.7. The molecule has 1 aliphatic carbocycles. The second-order valence-corrected chi connectivity index (χ2v) is 5.48. The summed E-state index contributed by atoms with van der Waals surface area (Å²) in [6, 6.07) is 7.29. The van der Waals surface area contributed by atoms with Gasteiger partial charge in [0.15, 0.2) is 11.5 Å². The molecule has 1 atom stereocenters. The number of benzene rings is 1. The van der Waals surface area contributed by atoms with Crippen molar-refractivity contribution in [2.24, 2.45) is 0 Å². The summed E-state index contributed by atoms with van der Waals surface area (Å²) in [4.78, 5) is 29.2. The zero-order valence-electron chi connectivity index (χ0n) is 13.3.